The number of nitrogens with one attached hydrogen (secondary N) is 1. The number of aryl methyl sites for hydroxylation is 1. The number of hydrogen-bond acceptors (Lipinski definition) is 4. The minimum atomic E-state index is -0.521. The van der Waals surface area contributed by atoms with E-state index in [4.69, 9.17) is 0 Å². The average molecular weight is 333 g/mol. The molecule has 2 amide bonds. The van der Waals surface area contributed by atoms with Crippen molar-refractivity contribution in [2.24, 2.45) is 0 Å². The van der Waals surface area contributed by atoms with Gasteiger partial charge in [0.2, 0.25) is 0 Å². The second-order valence-corrected chi connectivity index (χ2v) is 6.66. The molecule has 2 aliphatic heterocycles. The lowest BCUT2D eigenvalue weighted by Crippen LogP contribution is -2.41. The Balaban J connectivity index is 1.55. The molecule has 1 aromatic rings. The van der Waals surface area contributed by atoms with E-state index < -0.39 is 11.8 Å². The van der Waals surface area contributed by atoms with E-state index in [1.807, 2.05) is 4.68 Å². The zero-order valence-corrected chi connectivity index (χ0v) is 14.5. The van der Waals surface area contributed by atoms with Gasteiger partial charge in [-0.25, -0.2) is 0 Å². The molecule has 0 saturated carbocycles. The van der Waals surface area contributed by atoms with E-state index in [-0.39, 0.29) is 0 Å². The van der Waals surface area contributed by atoms with Gasteiger partial charge in [0.15, 0.2) is 0 Å². The van der Waals surface area contributed by atoms with E-state index in [9.17, 15) is 9.59 Å². The van der Waals surface area contributed by atoms with E-state index in [0.29, 0.717) is 19.6 Å². The number of fused-ring (bicyclic) bond motifs is 1. The molecule has 3 rings (SSSR count). The van der Waals surface area contributed by atoms with Gasteiger partial charge >= 0.3 is 11.8 Å². The summed E-state index contributed by atoms with van der Waals surface area (Å²) < 4.78 is 2.04. The first-order valence-corrected chi connectivity index (χ1v) is 9.02. The van der Waals surface area contributed by atoms with Crippen LogP contribution in [0.4, 0.5) is 0 Å². The maximum Gasteiger partial charge on any atom is 0.311 e. The van der Waals surface area contributed by atoms with E-state index in [1.165, 1.54) is 5.69 Å². The van der Waals surface area contributed by atoms with Crippen LogP contribution < -0.4 is 5.32 Å². The Bertz CT molecular complexity index is 592. The summed E-state index contributed by atoms with van der Waals surface area (Å²) in [6, 6.07) is 2.05. The number of rotatable bonds is 4. The van der Waals surface area contributed by atoms with Crippen LogP contribution in [0.25, 0.3) is 0 Å². The van der Waals surface area contributed by atoms with Crippen LogP contribution in [0.3, 0.4) is 0 Å². The second kappa shape index (κ2) is 7.79. The Labute approximate surface area is 143 Å². The molecule has 1 N–H and O–H groups in total. The van der Waals surface area contributed by atoms with Crippen LogP contribution in [0.2, 0.25) is 0 Å². The van der Waals surface area contributed by atoms with Gasteiger partial charge in [-0.3, -0.25) is 19.2 Å². The Morgan fingerprint density at radius 2 is 1.96 bits per heavy atom. The molecule has 0 aliphatic carbocycles. The molecule has 1 aromatic heterocycles. The largest absolute Gasteiger partial charge is 0.342 e. The van der Waals surface area contributed by atoms with Crippen LogP contribution in [-0.4, -0.2) is 57.6 Å². The third kappa shape index (κ3) is 3.95. The predicted octanol–water partition coefficient (Wildman–Crippen LogP) is 0.737. The summed E-state index contributed by atoms with van der Waals surface area (Å²) >= 11 is 0. The maximum absolute atomic E-state index is 12.0. The smallest absolute Gasteiger partial charge is 0.311 e. The third-order valence-corrected chi connectivity index (χ3v) is 4.70. The number of hydrogen-bond donors (Lipinski definition) is 1. The van der Waals surface area contributed by atoms with Gasteiger partial charge in [0.05, 0.1) is 17.9 Å². The maximum atomic E-state index is 12.0. The Morgan fingerprint density at radius 1 is 1.17 bits per heavy atom. The molecule has 1 saturated heterocycles. The van der Waals surface area contributed by atoms with Crippen molar-refractivity contribution in [3.8, 4) is 0 Å². The zero-order chi connectivity index (χ0) is 16.9. The van der Waals surface area contributed by atoms with E-state index in [2.05, 4.69) is 28.3 Å². The van der Waals surface area contributed by atoms with Crippen molar-refractivity contribution < 1.29 is 9.59 Å². The van der Waals surface area contributed by atoms with Gasteiger partial charge in [0.1, 0.15) is 0 Å². The van der Waals surface area contributed by atoms with Crippen molar-refractivity contribution in [3.05, 3.63) is 17.5 Å². The fourth-order valence-electron chi connectivity index (χ4n) is 3.49. The van der Waals surface area contributed by atoms with Crippen molar-refractivity contribution in [2.75, 3.05) is 26.2 Å². The monoisotopic (exact) mass is 333 g/mol. The van der Waals surface area contributed by atoms with Gasteiger partial charge in [-0.2, -0.15) is 5.10 Å². The first kappa shape index (κ1) is 17.0. The number of carbonyl (C=O) groups is 2. The Morgan fingerprint density at radius 3 is 2.71 bits per heavy atom. The molecule has 7 nitrogen and oxygen atoms in total. The van der Waals surface area contributed by atoms with Crippen LogP contribution in [0, 0.1) is 0 Å². The Hall–Kier alpha value is -1.89. The predicted molar refractivity (Wildman–Crippen MR) is 90.1 cm³/mol. The number of amides is 2. The van der Waals surface area contributed by atoms with E-state index in [0.717, 1.165) is 57.6 Å². The van der Waals surface area contributed by atoms with Crippen LogP contribution in [0.1, 0.15) is 44.0 Å². The fourth-order valence-corrected chi connectivity index (χ4v) is 3.49. The van der Waals surface area contributed by atoms with Gasteiger partial charge in [-0.15, -0.1) is 0 Å². The topological polar surface area (TPSA) is 70.5 Å². The van der Waals surface area contributed by atoms with Crippen molar-refractivity contribution >= 4 is 11.8 Å². The standard InChI is InChI=1S/C17H27N5O2/c1-2-6-20-7-5-10-22-15(13-20)11-14(19-22)12-18-16(23)17(24)21-8-3-4-9-21/h11H,2-10,12-13H2,1H3,(H,18,23). The molecule has 0 atom stereocenters. The molecule has 0 radical (unpaired) electrons. The zero-order valence-electron chi connectivity index (χ0n) is 14.5. The van der Waals surface area contributed by atoms with Gasteiger partial charge < -0.3 is 10.2 Å². The first-order chi connectivity index (χ1) is 11.7. The summed E-state index contributed by atoms with van der Waals surface area (Å²) in [5, 5.41) is 7.30. The number of likely N-dealkylation sites (tertiary alicyclic amines) is 1. The number of carbonyl (C=O) groups excluding carboxylic acids is 2. The number of aromatic nitrogens is 2. The van der Waals surface area contributed by atoms with Crippen molar-refractivity contribution in [1.82, 2.24) is 24.9 Å². The molecule has 3 heterocycles. The highest BCUT2D eigenvalue weighted by Crippen LogP contribution is 2.14. The highest BCUT2D eigenvalue weighted by molar-refractivity contribution is 6.35. The molecule has 1 fully saturated rings. The fraction of sp³-hybridized carbons (Fsp3) is 0.706. The van der Waals surface area contributed by atoms with Crippen molar-refractivity contribution in [2.45, 2.75) is 52.2 Å². The minimum Gasteiger partial charge on any atom is -0.342 e. The lowest BCUT2D eigenvalue weighted by molar-refractivity contribution is -0.145. The van der Waals surface area contributed by atoms with E-state index in [1.54, 1.807) is 4.90 Å². The molecule has 0 spiro atoms. The Kier molecular flexibility index (Phi) is 5.50. The summed E-state index contributed by atoms with van der Waals surface area (Å²) in [4.78, 5) is 28.1. The second-order valence-electron chi connectivity index (χ2n) is 6.66. The molecular weight excluding hydrogens is 306 g/mol. The van der Waals surface area contributed by atoms with Crippen LogP contribution in [0.15, 0.2) is 6.07 Å². The lowest BCUT2D eigenvalue weighted by atomic mass is 10.3. The summed E-state index contributed by atoms with van der Waals surface area (Å²) in [6.45, 7) is 7.91. The summed E-state index contributed by atoms with van der Waals surface area (Å²) in [5.41, 5.74) is 2.02. The average Bonchev–Trinajstić information content (AvgIpc) is 3.19. The molecule has 7 heteroatoms. The van der Waals surface area contributed by atoms with Crippen molar-refractivity contribution in [1.29, 1.82) is 0 Å². The highest BCUT2D eigenvalue weighted by atomic mass is 16.2. The normalized spacial score (nSPS) is 18.3. The summed E-state index contributed by atoms with van der Waals surface area (Å²) in [5.74, 6) is -0.935. The third-order valence-electron chi connectivity index (χ3n) is 4.70. The van der Waals surface area contributed by atoms with Gasteiger partial charge in [0.25, 0.3) is 0 Å². The summed E-state index contributed by atoms with van der Waals surface area (Å²) in [6.07, 6.45) is 4.21. The molecule has 24 heavy (non-hydrogen) atoms. The van der Waals surface area contributed by atoms with Gasteiger partial charge in [-0.1, -0.05) is 6.92 Å². The van der Waals surface area contributed by atoms with Crippen LogP contribution >= 0.6 is 0 Å². The van der Waals surface area contributed by atoms with Crippen LogP contribution in [-0.2, 0) is 29.2 Å². The minimum absolute atomic E-state index is 0.312. The van der Waals surface area contributed by atoms with Gasteiger partial charge in [0, 0.05) is 32.7 Å². The molecule has 0 unspecified atom stereocenters. The van der Waals surface area contributed by atoms with Crippen LogP contribution in [0.5, 0.6) is 0 Å². The SMILES string of the molecule is CCCN1CCCn2nc(CNC(=O)C(=O)N3CCCC3)cc2C1. The van der Waals surface area contributed by atoms with Gasteiger partial charge in [-0.05, 0) is 38.3 Å². The molecule has 132 valence electrons. The highest BCUT2D eigenvalue weighted by Gasteiger charge is 2.24. The lowest BCUT2D eigenvalue weighted by Gasteiger charge is -2.17. The molecular formula is C17H27N5O2. The van der Waals surface area contributed by atoms with E-state index >= 15 is 0 Å². The summed E-state index contributed by atoms with van der Waals surface area (Å²) in [7, 11) is 0. The molecule has 0 aromatic carbocycles. The molecule has 0 bridgehead atoms. The molecule has 2 aliphatic rings. The quantitative estimate of drug-likeness (QED) is 0.825. The first-order valence-electron chi connectivity index (χ1n) is 9.02. The van der Waals surface area contributed by atoms with Crippen molar-refractivity contribution in [3.63, 3.8) is 0 Å². The number of nitrogens with zero attached hydrogens (tertiary/aromatic N) is 4.